The Morgan fingerprint density at radius 3 is 2.53 bits per heavy atom. The van der Waals surface area contributed by atoms with Crippen LogP contribution in [0, 0.1) is 0 Å². The molecule has 1 heterocycles. The molecule has 3 atom stereocenters. The Morgan fingerprint density at radius 1 is 1.27 bits per heavy atom. The third-order valence-electron chi connectivity index (χ3n) is 2.54. The van der Waals surface area contributed by atoms with Crippen LogP contribution in [0.4, 0.5) is 0 Å². The largest absolute Gasteiger partial charge is 0.469 e. The molecule has 88 valence electrons. The van der Waals surface area contributed by atoms with Crippen LogP contribution in [0.2, 0.25) is 0 Å². The van der Waals surface area contributed by atoms with Gasteiger partial charge >= 0.3 is 5.97 Å². The highest BCUT2D eigenvalue weighted by Crippen LogP contribution is 2.24. The molecule has 1 fully saturated rings. The first kappa shape index (κ1) is 12.4. The highest BCUT2D eigenvalue weighted by Gasteiger charge is 2.30. The predicted octanol–water partition coefficient (Wildman–Crippen LogP) is 0.716. The van der Waals surface area contributed by atoms with Crippen LogP contribution >= 0.6 is 0 Å². The van der Waals surface area contributed by atoms with Crippen molar-refractivity contribution in [1.29, 1.82) is 0 Å². The van der Waals surface area contributed by atoms with Crippen molar-refractivity contribution in [1.82, 2.24) is 0 Å². The van der Waals surface area contributed by atoms with Gasteiger partial charge < -0.3 is 18.9 Å². The third-order valence-corrected chi connectivity index (χ3v) is 2.54. The van der Waals surface area contributed by atoms with Gasteiger partial charge in [0.2, 0.25) is 0 Å². The number of carbonyl (C=O) groups is 1. The molecule has 0 bridgehead atoms. The number of methoxy groups -OCH3 is 3. The normalized spacial score (nSPS) is 31.3. The minimum absolute atomic E-state index is 0.0818. The second-order valence-electron chi connectivity index (χ2n) is 3.53. The molecule has 0 saturated carbocycles. The first-order valence-corrected chi connectivity index (χ1v) is 4.97. The lowest BCUT2D eigenvalue weighted by molar-refractivity contribution is -0.210. The number of hydrogen-bond acceptors (Lipinski definition) is 5. The summed E-state index contributed by atoms with van der Waals surface area (Å²) in [6.07, 6.45) is 1.25. The van der Waals surface area contributed by atoms with Crippen LogP contribution in [-0.2, 0) is 23.7 Å². The van der Waals surface area contributed by atoms with E-state index in [4.69, 9.17) is 14.2 Å². The van der Waals surface area contributed by atoms with Crippen LogP contribution < -0.4 is 0 Å². The molecule has 0 aromatic carbocycles. The van der Waals surface area contributed by atoms with Crippen LogP contribution in [0.1, 0.15) is 19.3 Å². The lowest BCUT2D eigenvalue weighted by atomic mass is 10.0. The Balaban J connectivity index is 2.46. The monoisotopic (exact) mass is 218 g/mol. The summed E-state index contributed by atoms with van der Waals surface area (Å²) in [5.74, 6) is -0.272. The van der Waals surface area contributed by atoms with E-state index in [0.717, 1.165) is 0 Å². The van der Waals surface area contributed by atoms with Crippen LogP contribution in [0.15, 0.2) is 0 Å². The number of rotatable bonds is 4. The van der Waals surface area contributed by atoms with Crippen molar-refractivity contribution >= 4 is 5.97 Å². The molecule has 0 aromatic rings. The summed E-state index contributed by atoms with van der Waals surface area (Å²) in [6, 6.07) is 0. The molecule has 0 aliphatic carbocycles. The molecule has 0 spiro atoms. The van der Waals surface area contributed by atoms with Crippen molar-refractivity contribution in [2.75, 3.05) is 21.3 Å². The maximum Gasteiger partial charge on any atom is 0.308 e. The molecule has 0 unspecified atom stereocenters. The SMILES string of the molecule is COC(=O)C[C@@H]1C[C@H](OC)C[C@H](OC)O1. The number of esters is 1. The van der Waals surface area contributed by atoms with Crippen molar-refractivity contribution < 1.29 is 23.7 Å². The van der Waals surface area contributed by atoms with Gasteiger partial charge in [-0.05, 0) is 0 Å². The van der Waals surface area contributed by atoms with E-state index in [1.54, 1.807) is 14.2 Å². The maximum absolute atomic E-state index is 11.1. The molecule has 15 heavy (non-hydrogen) atoms. The van der Waals surface area contributed by atoms with Gasteiger partial charge in [0.05, 0.1) is 25.7 Å². The van der Waals surface area contributed by atoms with E-state index in [2.05, 4.69) is 4.74 Å². The molecular weight excluding hydrogens is 200 g/mol. The fourth-order valence-electron chi connectivity index (χ4n) is 1.67. The molecule has 0 radical (unpaired) electrons. The zero-order chi connectivity index (χ0) is 11.3. The molecule has 1 aliphatic heterocycles. The van der Waals surface area contributed by atoms with E-state index in [-0.39, 0.29) is 30.9 Å². The van der Waals surface area contributed by atoms with Gasteiger partial charge in [0.1, 0.15) is 0 Å². The zero-order valence-electron chi connectivity index (χ0n) is 9.39. The lowest BCUT2D eigenvalue weighted by Gasteiger charge is -2.33. The van der Waals surface area contributed by atoms with Crippen molar-refractivity contribution in [2.24, 2.45) is 0 Å². The Hall–Kier alpha value is -0.650. The van der Waals surface area contributed by atoms with Crippen LogP contribution in [0.5, 0.6) is 0 Å². The smallest absolute Gasteiger partial charge is 0.308 e. The second-order valence-corrected chi connectivity index (χ2v) is 3.53. The molecule has 0 N–H and O–H groups in total. The minimum atomic E-state index is -0.293. The molecule has 5 heteroatoms. The van der Waals surface area contributed by atoms with Crippen molar-refractivity contribution in [3.8, 4) is 0 Å². The Bertz CT molecular complexity index is 194. The van der Waals surface area contributed by atoms with Gasteiger partial charge in [-0.2, -0.15) is 0 Å². The van der Waals surface area contributed by atoms with Crippen molar-refractivity contribution in [2.45, 2.75) is 37.8 Å². The molecule has 1 aliphatic rings. The molecular formula is C10H18O5. The summed E-state index contributed by atoms with van der Waals surface area (Å²) in [6.45, 7) is 0. The molecule has 0 amide bonds. The van der Waals surface area contributed by atoms with Gasteiger partial charge in [-0.15, -0.1) is 0 Å². The van der Waals surface area contributed by atoms with Gasteiger partial charge in [0.15, 0.2) is 6.29 Å². The maximum atomic E-state index is 11.1. The average molecular weight is 218 g/mol. The second kappa shape index (κ2) is 6.05. The van der Waals surface area contributed by atoms with Crippen molar-refractivity contribution in [3.05, 3.63) is 0 Å². The van der Waals surface area contributed by atoms with Crippen LogP contribution in [-0.4, -0.2) is 45.8 Å². The highest BCUT2D eigenvalue weighted by atomic mass is 16.7. The van der Waals surface area contributed by atoms with E-state index >= 15 is 0 Å². The van der Waals surface area contributed by atoms with Gasteiger partial charge in [-0.1, -0.05) is 0 Å². The number of hydrogen-bond donors (Lipinski definition) is 0. The van der Waals surface area contributed by atoms with Gasteiger partial charge in [-0.3, -0.25) is 4.79 Å². The summed E-state index contributed by atoms with van der Waals surface area (Å²) in [7, 11) is 4.60. The summed E-state index contributed by atoms with van der Waals surface area (Å²) in [4.78, 5) is 11.1. The van der Waals surface area contributed by atoms with E-state index in [1.165, 1.54) is 7.11 Å². The van der Waals surface area contributed by atoms with Gasteiger partial charge in [-0.25, -0.2) is 0 Å². The predicted molar refractivity (Wildman–Crippen MR) is 52.3 cm³/mol. The topological polar surface area (TPSA) is 54.0 Å². The molecule has 5 nitrogen and oxygen atoms in total. The van der Waals surface area contributed by atoms with E-state index in [1.807, 2.05) is 0 Å². The number of carbonyl (C=O) groups excluding carboxylic acids is 1. The van der Waals surface area contributed by atoms with Gasteiger partial charge in [0.25, 0.3) is 0 Å². The van der Waals surface area contributed by atoms with E-state index in [0.29, 0.717) is 12.8 Å². The first-order chi connectivity index (χ1) is 7.19. The molecule has 1 rings (SSSR count). The highest BCUT2D eigenvalue weighted by molar-refractivity contribution is 5.69. The summed E-state index contributed by atoms with van der Waals surface area (Å²) < 4.78 is 20.5. The summed E-state index contributed by atoms with van der Waals surface area (Å²) in [5, 5.41) is 0. The molecule has 1 saturated heterocycles. The Kier molecular flexibility index (Phi) is 5.01. The van der Waals surface area contributed by atoms with E-state index < -0.39 is 0 Å². The standard InChI is InChI=1S/C10H18O5/c1-12-7-4-8(5-9(11)13-2)15-10(6-7)14-3/h7-8,10H,4-6H2,1-3H3/t7-,8-,10+/m0/s1. The Morgan fingerprint density at radius 2 is 2.00 bits per heavy atom. The van der Waals surface area contributed by atoms with Gasteiger partial charge in [0, 0.05) is 27.1 Å². The van der Waals surface area contributed by atoms with Crippen LogP contribution in [0.3, 0.4) is 0 Å². The quantitative estimate of drug-likeness (QED) is 0.651. The third kappa shape index (κ3) is 3.77. The fourth-order valence-corrected chi connectivity index (χ4v) is 1.67. The summed E-state index contributed by atoms with van der Waals surface area (Å²) >= 11 is 0. The minimum Gasteiger partial charge on any atom is -0.469 e. The first-order valence-electron chi connectivity index (χ1n) is 4.97. The van der Waals surface area contributed by atoms with Crippen LogP contribution in [0.25, 0.3) is 0 Å². The van der Waals surface area contributed by atoms with E-state index in [9.17, 15) is 4.79 Å². The lowest BCUT2D eigenvalue weighted by Crippen LogP contribution is -2.38. The number of ether oxygens (including phenoxy) is 4. The van der Waals surface area contributed by atoms with Crippen molar-refractivity contribution in [3.63, 3.8) is 0 Å². The fraction of sp³-hybridized carbons (Fsp3) is 0.900. The average Bonchev–Trinajstić information content (AvgIpc) is 2.28. The zero-order valence-corrected chi connectivity index (χ0v) is 9.39. The summed E-state index contributed by atoms with van der Waals surface area (Å²) in [5.41, 5.74) is 0. The molecule has 0 aromatic heterocycles. The Labute approximate surface area is 89.6 Å².